The van der Waals surface area contributed by atoms with Crippen LogP contribution in [0.5, 0.6) is 5.75 Å². The number of ether oxygens (including phenoxy) is 3. The zero-order chi connectivity index (χ0) is 12.3. The van der Waals surface area contributed by atoms with Crippen LogP contribution >= 0.6 is 11.3 Å². The predicted octanol–water partition coefficient (Wildman–Crippen LogP) is 2.48. The smallest absolute Gasteiger partial charge is 0.348 e. The summed E-state index contributed by atoms with van der Waals surface area (Å²) in [5.74, 6) is 0.406. The first-order chi connectivity index (χ1) is 8.24. The Morgan fingerprint density at radius 2 is 2.12 bits per heavy atom. The molecule has 0 bridgehead atoms. The van der Waals surface area contributed by atoms with E-state index in [1.807, 2.05) is 0 Å². The van der Waals surface area contributed by atoms with Gasteiger partial charge in [-0.3, -0.25) is 0 Å². The lowest BCUT2D eigenvalue weighted by Crippen LogP contribution is -2.27. The molecule has 0 spiro atoms. The zero-order valence-electron chi connectivity index (χ0n) is 9.97. The summed E-state index contributed by atoms with van der Waals surface area (Å²) < 4.78 is 15.8. The molecule has 1 aliphatic carbocycles. The van der Waals surface area contributed by atoms with E-state index in [-0.39, 0.29) is 18.2 Å². The van der Waals surface area contributed by atoms with Gasteiger partial charge in [0.2, 0.25) is 0 Å². The van der Waals surface area contributed by atoms with Gasteiger partial charge in [-0.25, -0.2) is 4.79 Å². The molecular weight excluding hydrogens is 240 g/mol. The Bertz CT molecular complexity index is 388. The van der Waals surface area contributed by atoms with Crippen LogP contribution in [-0.2, 0) is 9.47 Å². The zero-order valence-corrected chi connectivity index (χ0v) is 10.8. The summed E-state index contributed by atoms with van der Waals surface area (Å²) in [5, 5.41) is 1.79. The van der Waals surface area contributed by atoms with Gasteiger partial charge in [-0.05, 0) is 19.3 Å². The number of thiophene rings is 1. The van der Waals surface area contributed by atoms with Gasteiger partial charge in [0.1, 0.15) is 16.7 Å². The van der Waals surface area contributed by atoms with Crippen LogP contribution in [0, 0.1) is 0 Å². The Labute approximate surface area is 104 Å². The molecule has 0 N–H and O–H groups in total. The standard InChI is InChI=1S/C12H16O4S/c1-14-8-6-11(17-7-8)12(13)16-10-5-3-4-9(10)15-2/h6-7,9-10H,3-5H2,1-2H3/t9-,10-/m0/s1. The minimum Gasteiger partial charge on any atom is -0.496 e. The van der Waals surface area contributed by atoms with Crippen molar-refractivity contribution in [3.63, 3.8) is 0 Å². The summed E-state index contributed by atoms with van der Waals surface area (Å²) in [6.07, 6.45) is 2.82. The number of carbonyl (C=O) groups excluding carboxylic acids is 1. The predicted molar refractivity (Wildman–Crippen MR) is 64.7 cm³/mol. The summed E-state index contributed by atoms with van der Waals surface area (Å²) in [4.78, 5) is 12.4. The molecule has 1 saturated carbocycles. The maximum atomic E-state index is 11.9. The van der Waals surface area contributed by atoms with Crippen molar-refractivity contribution in [1.29, 1.82) is 0 Å². The molecule has 0 aliphatic heterocycles. The molecule has 94 valence electrons. The highest BCUT2D eigenvalue weighted by atomic mass is 32.1. The van der Waals surface area contributed by atoms with Gasteiger partial charge < -0.3 is 14.2 Å². The molecule has 0 unspecified atom stereocenters. The highest BCUT2D eigenvalue weighted by Crippen LogP contribution is 2.27. The van der Waals surface area contributed by atoms with Gasteiger partial charge in [0, 0.05) is 18.6 Å². The van der Waals surface area contributed by atoms with Gasteiger partial charge in [0.25, 0.3) is 0 Å². The Kier molecular flexibility index (Phi) is 4.02. The second-order valence-electron chi connectivity index (χ2n) is 4.00. The number of hydrogen-bond acceptors (Lipinski definition) is 5. The van der Waals surface area contributed by atoms with E-state index in [0.29, 0.717) is 10.6 Å². The van der Waals surface area contributed by atoms with Crippen LogP contribution in [0.3, 0.4) is 0 Å². The number of methoxy groups -OCH3 is 2. The van der Waals surface area contributed by atoms with E-state index in [9.17, 15) is 4.79 Å². The first kappa shape index (κ1) is 12.4. The number of hydrogen-bond donors (Lipinski definition) is 0. The highest BCUT2D eigenvalue weighted by Gasteiger charge is 2.31. The highest BCUT2D eigenvalue weighted by molar-refractivity contribution is 7.12. The first-order valence-corrected chi connectivity index (χ1v) is 6.49. The molecule has 0 saturated heterocycles. The van der Waals surface area contributed by atoms with E-state index >= 15 is 0 Å². The van der Waals surface area contributed by atoms with Crippen molar-refractivity contribution in [2.75, 3.05) is 14.2 Å². The van der Waals surface area contributed by atoms with Gasteiger partial charge in [0.05, 0.1) is 13.2 Å². The van der Waals surface area contributed by atoms with Gasteiger partial charge >= 0.3 is 5.97 Å². The minimum absolute atomic E-state index is 0.0424. The van der Waals surface area contributed by atoms with Crippen molar-refractivity contribution in [3.8, 4) is 5.75 Å². The lowest BCUT2D eigenvalue weighted by molar-refractivity contribution is -0.0203. The largest absolute Gasteiger partial charge is 0.496 e. The Morgan fingerprint density at radius 3 is 2.76 bits per heavy atom. The molecular formula is C12H16O4S. The van der Waals surface area contributed by atoms with Crippen molar-refractivity contribution >= 4 is 17.3 Å². The van der Waals surface area contributed by atoms with Crippen LogP contribution < -0.4 is 4.74 Å². The van der Waals surface area contributed by atoms with Gasteiger partial charge in [-0.1, -0.05) is 0 Å². The van der Waals surface area contributed by atoms with E-state index in [1.165, 1.54) is 11.3 Å². The quantitative estimate of drug-likeness (QED) is 0.776. The van der Waals surface area contributed by atoms with Crippen molar-refractivity contribution < 1.29 is 19.0 Å². The molecule has 2 atom stereocenters. The average Bonchev–Trinajstić information content (AvgIpc) is 2.96. The summed E-state index contributed by atoms with van der Waals surface area (Å²) in [6, 6.07) is 1.70. The normalized spacial score (nSPS) is 23.6. The molecule has 1 heterocycles. The summed E-state index contributed by atoms with van der Waals surface area (Å²) in [7, 11) is 3.24. The average molecular weight is 256 g/mol. The molecule has 1 fully saturated rings. The van der Waals surface area contributed by atoms with Gasteiger partial charge in [-0.2, -0.15) is 0 Å². The SMILES string of the molecule is COc1csc(C(=O)O[C@H]2CCC[C@@H]2OC)c1. The lowest BCUT2D eigenvalue weighted by atomic mass is 10.2. The third-order valence-corrected chi connectivity index (χ3v) is 3.85. The third kappa shape index (κ3) is 2.79. The molecule has 5 heteroatoms. The van der Waals surface area contributed by atoms with E-state index < -0.39 is 0 Å². The van der Waals surface area contributed by atoms with Crippen LogP contribution in [-0.4, -0.2) is 32.4 Å². The van der Waals surface area contributed by atoms with E-state index in [4.69, 9.17) is 14.2 Å². The fourth-order valence-corrected chi connectivity index (χ4v) is 2.76. The Morgan fingerprint density at radius 1 is 1.35 bits per heavy atom. The molecule has 4 nitrogen and oxygen atoms in total. The minimum atomic E-state index is -0.285. The summed E-state index contributed by atoms with van der Waals surface area (Å²) >= 11 is 1.33. The van der Waals surface area contributed by atoms with Crippen molar-refractivity contribution in [2.45, 2.75) is 31.5 Å². The monoisotopic (exact) mass is 256 g/mol. The van der Waals surface area contributed by atoms with Gasteiger partial charge in [0.15, 0.2) is 0 Å². The fraction of sp³-hybridized carbons (Fsp3) is 0.583. The second-order valence-corrected chi connectivity index (χ2v) is 4.91. The van der Waals surface area contributed by atoms with E-state index in [0.717, 1.165) is 19.3 Å². The molecule has 2 rings (SSSR count). The molecule has 1 aromatic heterocycles. The maximum Gasteiger partial charge on any atom is 0.348 e. The molecule has 0 aromatic carbocycles. The first-order valence-electron chi connectivity index (χ1n) is 5.61. The van der Waals surface area contributed by atoms with Crippen LogP contribution in [0.15, 0.2) is 11.4 Å². The summed E-state index contributed by atoms with van der Waals surface area (Å²) in [5.41, 5.74) is 0. The van der Waals surface area contributed by atoms with Crippen LogP contribution in [0.2, 0.25) is 0 Å². The van der Waals surface area contributed by atoms with E-state index in [1.54, 1.807) is 25.7 Å². The van der Waals surface area contributed by atoms with Crippen molar-refractivity contribution in [3.05, 3.63) is 16.3 Å². The molecule has 1 aromatic rings. The topological polar surface area (TPSA) is 44.8 Å². The lowest BCUT2D eigenvalue weighted by Gasteiger charge is -2.18. The fourth-order valence-electron chi connectivity index (χ4n) is 2.02. The number of carbonyl (C=O) groups is 1. The van der Waals surface area contributed by atoms with Crippen LogP contribution in [0.4, 0.5) is 0 Å². The van der Waals surface area contributed by atoms with Gasteiger partial charge in [-0.15, -0.1) is 11.3 Å². The Balaban J connectivity index is 1.96. The van der Waals surface area contributed by atoms with Crippen molar-refractivity contribution in [1.82, 2.24) is 0 Å². The molecule has 0 radical (unpaired) electrons. The van der Waals surface area contributed by atoms with Crippen LogP contribution in [0.1, 0.15) is 28.9 Å². The maximum absolute atomic E-state index is 11.9. The van der Waals surface area contributed by atoms with Crippen LogP contribution in [0.25, 0.3) is 0 Å². The van der Waals surface area contributed by atoms with Crippen molar-refractivity contribution in [2.24, 2.45) is 0 Å². The third-order valence-electron chi connectivity index (χ3n) is 2.97. The van der Waals surface area contributed by atoms with E-state index in [2.05, 4.69) is 0 Å². The number of esters is 1. The molecule has 1 aliphatic rings. The number of rotatable bonds is 4. The Hall–Kier alpha value is -1.07. The molecule has 17 heavy (non-hydrogen) atoms. The molecule has 0 amide bonds. The second kappa shape index (κ2) is 5.51. The summed E-state index contributed by atoms with van der Waals surface area (Å²) in [6.45, 7) is 0.